The summed E-state index contributed by atoms with van der Waals surface area (Å²) in [4.78, 5) is 0. The fraction of sp³-hybridized carbons (Fsp3) is 0.400. The molecule has 2 heteroatoms. The predicted molar refractivity (Wildman–Crippen MR) is 46.8 cm³/mol. The number of hydrogen-bond donors (Lipinski definition) is 1. The van der Waals surface area contributed by atoms with Gasteiger partial charge in [-0.05, 0) is 17.2 Å². The van der Waals surface area contributed by atoms with Crippen molar-refractivity contribution in [3.63, 3.8) is 0 Å². The summed E-state index contributed by atoms with van der Waals surface area (Å²) in [5, 5.41) is 8.31. The molecule has 1 fully saturated rings. The lowest BCUT2D eigenvalue weighted by atomic mass is 10.1. The maximum atomic E-state index is 8.31. The first-order chi connectivity index (χ1) is 5.90. The average molecular weight is 164 g/mol. The van der Waals surface area contributed by atoms with E-state index in [1.807, 2.05) is 0 Å². The normalized spacial score (nSPS) is 17.4. The van der Waals surface area contributed by atoms with Gasteiger partial charge in [0.05, 0.1) is 19.8 Å². The Balaban J connectivity index is 0.0000000939. The van der Waals surface area contributed by atoms with Crippen LogP contribution >= 0.6 is 0 Å². The number of aliphatic hydroxyl groups excluding tert-OH is 1. The molecule has 3 rings (SSSR count). The third-order valence-electron chi connectivity index (χ3n) is 2.08. The molecule has 2 aliphatic carbocycles. The van der Waals surface area contributed by atoms with Crippen LogP contribution in [-0.2, 0) is 4.74 Å². The number of rotatable bonds is 1. The smallest absolute Gasteiger partial charge is 0.0538 e. The van der Waals surface area contributed by atoms with Gasteiger partial charge < -0.3 is 9.84 Å². The number of aliphatic hydroxyl groups is 1. The Hall–Kier alpha value is -0.860. The molecule has 1 saturated heterocycles. The minimum Gasteiger partial charge on any atom is -0.396 e. The molecule has 2 nitrogen and oxygen atoms in total. The molecule has 0 unspecified atom stereocenters. The van der Waals surface area contributed by atoms with Crippen molar-refractivity contribution in [2.45, 2.75) is 0 Å². The van der Waals surface area contributed by atoms with Crippen LogP contribution in [0.5, 0.6) is 0 Å². The van der Waals surface area contributed by atoms with Gasteiger partial charge in [-0.2, -0.15) is 0 Å². The van der Waals surface area contributed by atoms with Gasteiger partial charge in [-0.3, -0.25) is 0 Å². The Labute approximate surface area is 71.8 Å². The van der Waals surface area contributed by atoms with E-state index < -0.39 is 0 Å². The lowest BCUT2D eigenvalue weighted by Crippen LogP contribution is -2.30. The van der Waals surface area contributed by atoms with E-state index in [0.717, 1.165) is 13.2 Å². The summed E-state index contributed by atoms with van der Waals surface area (Å²) in [7, 11) is 0. The molecule has 0 saturated carbocycles. The SMILES string of the molecule is OCC1COC1.c1cc2cc-2c1. The molecule has 12 heavy (non-hydrogen) atoms. The number of hydrogen-bond acceptors (Lipinski definition) is 2. The van der Waals surface area contributed by atoms with Gasteiger partial charge in [-0.15, -0.1) is 0 Å². The first-order valence-electron chi connectivity index (χ1n) is 4.19. The van der Waals surface area contributed by atoms with Crippen molar-refractivity contribution in [1.29, 1.82) is 0 Å². The molecule has 0 bridgehead atoms. The van der Waals surface area contributed by atoms with E-state index in [1.54, 1.807) is 0 Å². The van der Waals surface area contributed by atoms with Crippen molar-refractivity contribution in [3.8, 4) is 11.1 Å². The third-order valence-corrected chi connectivity index (χ3v) is 2.08. The van der Waals surface area contributed by atoms with Gasteiger partial charge in [0.25, 0.3) is 0 Å². The highest BCUT2D eigenvalue weighted by atomic mass is 16.5. The summed E-state index contributed by atoms with van der Waals surface area (Å²) in [6.45, 7) is 1.81. The van der Waals surface area contributed by atoms with Gasteiger partial charge in [0.15, 0.2) is 0 Å². The van der Waals surface area contributed by atoms with E-state index in [0.29, 0.717) is 12.5 Å². The van der Waals surface area contributed by atoms with Crippen molar-refractivity contribution >= 4 is 0 Å². The maximum absolute atomic E-state index is 8.31. The summed E-state index contributed by atoms with van der Waals surface area (Å²) < 4.78 is 4.77. The van der Waals surface area contributed by atoms with Gasteiger partial charge in [-0.25, -0.2) is 0 Å². The van der Waals surface area contributed by atoms with Crippen molar-refractivity contribution < 1.29 is 9.84 Å². The molecule has 0 aromatic heterocycles. The van der Waals surface area contributed by atoms with Crippen molar-refractivity contribution in [2.75, 3.05) is 19.8 Å². The largest absolute Gasteiger partial charge is 0.396 e. The van der Waals surface area contributed by atoms with Crippen molar-refractivity contribution in [3.05, 3.63) is 24.3 Å². The highest BCUT2D eigenvalue weighted by molar-refractivity contribution is 5.80. The Bertz CT molecular complexity index is 246. The summed E-state index contributed by atoms with van der Waals surface area (Å²) >= 11 is 0. The fourth-order valence-corrected chi connectivity index (χ4v) is 1.07. The van der Waals surface area contributed by atoms with E-state index in [1.165, 1.54) is 11.1 Å². The molecule has 0 spiro atoms. The fourth-order valence-electron chi connectivity index (χ4n) is 1.07. The number of ether oxygens (including phenoxy) is 1. The zero-order valence-corrected chi connectivity index (χ0v) is 6.86. The van der Waals surface area contributed by atoms with Gasteiger partial charge in [0.1, 0.15) is 0 Å². The Morgan fingerprint density at radius 1 is 1.33 bits per heavy atom. The van der Waals surface area contributed by atoms with Gasteiger partial charge >= 0.3 is 0 Å². The van der Waals surface area contributed by atoms with Gasteiger partial charge in [-0.1, -0.05) is 18.2 Å². The van der Waals surface area contributed by atoms with E-state index in [9.17, 15) is 0 Å². The van der Waals surface area contributed by atoms with Crippen LogP contribution in [0, 0.1) is 5.92 Å². The Kier molecular flexibility index (Phi) is 2.11. The molecule has 0 radical (unpaired) electrons. The molecule has 0 aromatic carbocycles. The molecule has 64 valence electrons. The number of benzene rings is 1. The summed E-state index contributed by atoms with van der Waals surface area (Å²) in [6.07, 6.45) is 0. The van der Waals surface area contributed by atoms with Crippen LogP contribution in [0.1, 0.15) is 0 Å². The van der Waals surface area contributed by atoms with Crippen LogP contribution in [0.4, 0.5) is 0 Å². The molecular formula is C10H12O2. The molecule has 3 aliphatic rings. The van der Waals surface area contributed by atoms with Gasteiger partial charge in [0.2, 0.25) is 0 Å². The van der Waals surface area contributed by atoms with Crippen molar-refractivity contribution in [1.82, 2.24) is 0 Å². The highest BCUT2D eigenvalue weighted by Gasteiger charge is 2.15. The molecule has 0 aromatic rings. The molecule has 1 aliphatic heterocycles. The average Bonchev–Trinajstić information content (AvgIpc) is 2.59. The quantitative estimate of drug-likeness (QED) is 0.688. The van der Waals surface area contributed by atoms with Gasteiger partial charge in [0, 0.05) is 5.92 Å². The Morgan fingerprint density at radius 3 is 2.08 bits per heavy atom. The molecular weight excluding hydrogens is 152 g/mol. The molecule has 0 atom stereocenters. The summed E-state index contributed by atoms with van der Waals surface area (Å²) in [6, 6.07) is 8.48. The molecule has 1 N–H and O–H groups in total. The third kappa shape index (κ3) is 1.65. The lowest BCUT2D eigenvalue weighted by Gasteiger charge is -2.22. The van der Waals surface area contributed by atoms with Crippen LogP contribution in [0.3, 0.4) is 0 Å². The topological polar surface area (TPSA) is 29.5 Å². The maximum Gasteiger partial charge on any atom is 0.0538 e. The second-order valence-electron chi connectivity index (χ2n) is 3.17. The first kappa shape index (κ1) is 7.77. The van der Waals surface area contributed by atoms with Crippen LogP contribution in [0.15, 0.2) is 24.3 Å². The monoisotopic (exact) mass is 164 g/mol. The molecule has 1 heterocycles. The first-order valence-corrected chi connectivity index (χ1v) is 4.19. The molecule has 0 amide bonds. The summed E-state index contributed by atoms with van der Waals surface area (Å²) in [5.74, 6) is 0.449. The summed E-state index contributed by atoms with van der Waals surface area (Å²) in [5.41, 5.74) is 2.85. The van der Waals surface area contributed by atoms with Crippen molar-refractivity contribution in [2.24, 2.45) is 5.92 Å². The van der Waals surface area contributed by atoms with E-state index in [-0.39, 0.29) is 0 Å². The standard InChI is InChI=1S/C6H4.C4H8O2/c1-2-5-4-6(5)3-1;5-1-4-2-6-3-4/h1-4H;4-5H,1-3H2. The number of fused-ring (bicyclic) bond motifs is 1. The van der Waals surface area contributed by atoms with E-state index >= 15 is 0 Å². The Morgan fingerprint density at radius 2 is 2.00 bits per heavy atom. The second kappa shape index (κ2) is 3.25. The minimum atomic E-state index is 0.292. The minimum absolute atomic E-state index is 0.292. The second-order valence-corrected chi connectivity index (χ2v) is 3.17. The zero-order chi connectivity index (χ0) is 8.39. The van der Waals surface area contributed by atoms with E-state index in [4.69, 9.17) is 9.84 Å². The van der Waals surface area contributed by atoms with E-state index in [2.05, 4.69) is 24.3 Å². The van der Waals surface area contributed by atoms with Crippen LogP contribution < -0.4 is 0 Å². The highest BCUT2D eigenvalue weighted by Crippen LogP contribution is 2.32. The zero-order valence-electron chi connectivity index (χ0n) is 6.86. The van der Waals surface area contributed by atoms with Crippen LogP contribution in [0.2, 0.25) is 0 Å². The van der Waals surface area contributed by atoms with Crippen LogP contribution in [-0.4, -0.2) is 24.9 Å². The lowest BCUT2D eigenvalue weighted by molar-refractivity contribution is -0.0554. The predicted octanol–water partition coefficient (Wildman–Crippen LogP) is 1.29. The van der Waals surface area contributed by atoms with Crippen LogP contribution in [0.25, 0.3) is 11.1 Å².